The van der Waals surface area contributed by atoms with Crippen LogP contribution in [-0.4, -0.2) is 9.97 Å². The van der Waals surface area contributed by atoms with Crippen LogP contribution in [0.15, 0.2) is 29.8 Å². The summed E-state index contributed by atoms with van der Waals surface area (Å²) >= 11 is 7.24. The Morgan fingerprint density at radius 2 is 2.31 bits per heavy atom. The molecule has 0 aliphatic carbocycles. The number of anilines is 2. The maximum absolute atomic E-state index is 5.72. The van der Waals surface area contributed by atoms with E-state index in [-0.39, 0.29) is 0 Å². The summed E-state index contributed by atoms with van der Waals surface area (Å²) in [6.07, 6.45) is 1.73. The van der Waals surface area contributed by atoms with E-state index < -0.39 is 0 Å². The van der Waals surface area contributed by atoms with E-state index in [0.717, 1.165) is 5.13 Å². The highest BCUT2D eigenvalue weighted by Gasteiger charge is 1.97. The average Bonchev–Trinajstić information content (AvgIpc) is 2.57. The van der Waals surface area contributed by atoms with Gasteiger partial charge in [-0.3, -0.25) is 0 Å². The molecule has 2 rings (SSSR count). The van der Waals surface area contributed by atoms with Crippen LogP contribution in [0.1, 0.15) is 0 Å². The Morgan fingerprint density at radius 3 is 3.00 bits per heavy atom. The van der Waals surface area contributed by atoms with Crippen LogP contribution in [0, 0.1) is 0 Å². The van der Waals surface area contributed by atoms with E-state index >= 15 is 0 Å². The molecule has 2 aromatic rings. The van der Waals surface area contributed by atoms with Gasteiger partial charge in [0.2, 0.25) is 0 Å². The molecule has 0 aliphatic heterocycles. The molecule has 0 amide bonds. The number of aromatic nitrogens is 2. The van der Waals surface area contributed by atoms with Crippen LogP contribution in [0.3, 0.4) is 0 Å². The fourth-order valence-electron chi connectivity index (χ4n) is 0.873. The van der Waals surface area contributed by atoms with Crippen LogP contribution >= 0.6 is 22.9 Å². The number of nitrogens with zero attached hydrogens (tertiary/aromatic N) is 2. The summed E-state index contributed by atoms with van der Waals surface area (Å²) in [7, 11) is 0. The molecule has 2 heterocycles. The van der Waals surface area contributed by atoms with E-state index in [1.807, 2.05) is 17.5 Å². The van der Waals surface area contributed by atoms with Crippen LogP contribution in [-0.2, 0) is 0 Å². The lowest BCUT2D eigenvalue weighted by Gasteiger charge is -2.00. The molecule has 0 spiro atoms. The highest BCUT2D eigenvalue weighted by Crippen LogP contribution is 2.17. The molecule has 3 nitrogen and oxygen atoms in total. The predicted octanol–water partition coefficient (Wildman–Crippen LogP) is 2.94. The molecule has 0 saturated carbocycles. The number of hydrogen-bond donors (Lipinski definition) is 1. The summed E-state index contributed by atoms with van der Waals surface area (Å²) < 4.78 is 0. The fourth-order valence-corrected chi connectivity index (χ4v) is 1.57. The number of thiazole rings is 1. The molecule has 0 bridgehead atoms. The van der Waals surface area contributed by atoms with Gasteiger partial charge in [0.05, 0.1) is 0 Å². The molecular weight excluding hydrogens is 206 g/mol. The molecule has 0 unspecified atom stereocenters. The Labute approximate surface area is 84.4 Å². The summed E-state index contributed by atoms with van der Waals surface area (Å²) in [5.41, 5.74) is 0. The summed E-state index contributed by atoms with van der Waals surface area (Å²) in [6.45, 7) is 0. The van der Waals surface area contributed by atoms with E-state index in [1.165, 1.54) is 11.3 Å². The maximum atomic E-state index is 5.72. The number of nitrogens with one attached hydrogen (secondary N) is 1. The zero-order valence-electron chi connectivity index (χ0n) is 6.57. The summed E-state index contributed by atoms with van der Waals surface area (Å²) in [5, 5.41) is 6.22. The van der Waals surface area contributed by atoms with Gasteiger partial charge in [-0.05, 0) is 12.1 Å². The maximum Gasteiger partial charge on any atom is 0.188 e. The van der Waals surface area contributed by atoms with Crippen molar-refractivity contribution in [2.24, 2.45) is 0 Å². The Balaban J connectivity index is 2.19. The number of rotatable bonds is 2. The minimum atomic E-state index is 0.474. The van der Waals surface area contributed by atoms with Crippen LogP contribution in [0.4, 0.5) is 10.9 Å². The Hall–Kier alpha value is -1.13. The first-order valence-electron chi connectivity index (χ1n) is 3.64. The second-order valence-corrected chi connectivity index (χ2v) is 3.59. The Bertz CT molecular complexity index is 388. The van der Waals surface area contributed by atoms with Crippen molar-refractivity contribution in [3.63, 3.8) is 0 Å². The van der Waals surface area contributed by atoms with Gasteiger partial charge in [-0.15, -0.1) is 11.3 Å². The van der Waals surface area contributed by atoms with Crippen molar-refractivity contribution in [3.05, 3.63) is 34.9 Å². The number of halogens is 1. The van der Waals surface area contributed by atoms with Crippen molar-refractivity contribution in [2.75, 3.05) is 5.32 Å². The Kier molecular flexibility index (Phi) is 2.42. The summed E-state index contributed by atoms with van der Waals surface area (Å²) in [6, 6.07) is 5.41. The predicted molar refractivity (Wildman–Crippen MR) is 54.6 cm³/mol. The number of pyridine rings is 1. The molecule has 0 aromatic carbocycles. The molecule has 2 aromatic heterocycles. The van der Waals surface area contributed by atoms with Gasteiger partial charge in [-0.1, -0.05) is 17.7 Å². The minimum absolute atomic E-state index is 0.474. The zero-order valence-corrected chi connectivity index (χ0v) is 8.14. The molecular formula is C8H6ClN3S. The van der Waals surface area contributed by atoms with Crippen molar-refractivity contribution in [3.8, 4) is 0 Å². The van der Waals surface area contributed by atoms with Gasteiger partial charge < -0.3 is 5.32 Å². The fraction of sp³-hybridized carbons (Fsp3) is 0. The molecule has 1 N–H and O–H groups in total. The van der Waals surface area contributed by atoms with E-state index in [2.05, 4.69) is 15.3 Å². The van der Waals surface area contributed by atoms with Crippen molar-refractivity contribution in [1.82, 2.24) is 9.97 Å². The quantitative estimate of drug-likeness (QED) is 0.777. The third-order valence-corrected chi connectivity index (χ3v) is 2.28. The van der Waals surface area contributed by atoms with E-state index in [1.54, 1.807) is 12.3 Å². The second-order valence-electron chi connectivity index (χ2n) is 2.31. The van der Waals surface area contributed by atoms with Crippen LogP contribution in [0.5, 0.6) is 0 Å². The van der Waals surface area contributed by atoms with E-state index in [0.29, 0.717) is 11.0 Å². The minimum Gasteiger partial charge on any atom is -0.316 e. The third kappa shape index (κ3) is 2.17. The monoisotopic (exact) mass is 211 g/mol. The van der Waals surface area contributed by atoms with Gasteiger partial charge in [0.25, 0.3) is 0 Å². The topological polar surface area (TPSA) is 37.8 Å². The lowest BCUT2D eigenvalue weighted by molar-refractivity contribution is 1.29. The van der Waals surface area contributed by atoms with Gasteiger partial charge in [0.15, 0.2) is 5.13 Å². The van der Waals surface area contributed by atoms with Crippen LogP contribution in [0.25, 0.3) is 0 Å². The first kappa shape index (κ1) is 8.47. The van der Waals surface area contributed by atoms with Crippen molar-refractivity contribution in [2.45, 2.75) is 0 Å². The summed E-state index contributed by atoms with van der Waals surface area (Å²) in [4.78, 5) is 8.13. The molecule has 0 radical (unpaired) electrons. The normalized spacial score (nSPS) is 9.92. The smallest absolute Gasteiger partial charge is 0.188 e. The van der Waals surface area contributed by atoms with Crippen LogP contribution < -0.4 is 5.32 Å². The molecule has 0 atom stereocenters. The van der Waals surface area contributed by atoms with E-state index in [9.17, 15) is 0 Å². The van der Waals surface area contributed by atoms with Gasteiger partial charge >= 0.3 is 0 Å². The first-order chi connectivity index (χ1) is 6.34. The lowest BCUT2D eigenvalue weighted by atomic mass is 10.5. The van der Waals surface area contributed by atoms with Crippen LogP contribution in [0.2, 0.25) is 5.15 Å². The highest BCUT2D eigenvalue weighted by molar-refractivity contribution is 7.13. The Morgan fingerprint density at radius 1 is 1.38 bits per heavy atom. The third-order valence-electron chi connectivity index (χ3n) is 1.38. The standard InChI is InChI=1S/C8H6ClN3S/c9-6-2-1-3-7(11-6)12-8-10-4-5-13-8/h1-5H,(H,10,11,12). The first-order valence-corrected chi connectivity index (χ1v) is 4.89. The molecule has 66 valence electrons. The molecule has 0 aliphatic rings. The second kappa shape index (κ2) is 3.72. The SMILES string of the molecule is Clc1cccc(Nc2nccs2)n1. The number of hydrogen-bond acceptors (Lipinski definition) is 4. The molecule has 5 heteroatoms. The largest absolute Gasteiger partial charge is 0.316 e. The molecule has 0 saturated heterocycles. The van der Waals surface area contributed by atoms with Gasteiger partial charge in [0.1, 0.15) is 11.0 Å². The van der Waals surface area contributed by atoms with Crippen molar-refractivity contribution >= 4 is 33.9 Å². The van der Waals surface area contributed by atoms with Gasteiger partial charge in [0, 0.05) is 11.6 Å². The molecule has 13 heavy (non-hydrogen) atoms. The van der Waals surface area contributed by atoms with Crippen molar-refractivity contribution < 1.29 is 0 Å². The lowest BCUT2D eigenvalue weighted by Crippen LogP contribution is -1.91. The molecule has 0 fully saturated rings. The van der Waals surface area contributed by atoms with Gasteiger partial charge in [-0.2, -0.15) is 0 Å². The average molecular weight is 212 g/mol. The highest BCUT2D eigenvalue weighted by atomic mass is 35.5. The zero-order chi connectivity index (χ0) is 9.10. The summed E-state index contributed by atoms with van der Waals surface area (Å²) in [5.74, 6) is 0.711. The van der Waals surface area contributed by atoms with E-state index in [4.69, 9.17) is 11.6 Å². The van der Waals surface area contributed by atoms with Crippen molar-refractivity contribution in [1.29, 1.82) is 0 Å². The van der Waals surface area contributed by atoms with Gasteiger partial charge in [-0.25, -0.2) is 9.97 Å².